The average Bonchev–Trinajstić information content (AvgIpc) is 2.69. The minimum atomic E-state index is -0.943. The molecule has 4 rings (SSSR count). The van der Waals surface area contributed by atoms with Gasteiger partial charge in [0.1, 0.15) is 6.23 Å². The van der Waals surface area contributed by atoms with Crippen molar-refractivity contribution in [3.63, 3.8) is 0 Å². The molecular formula is C22H19ClN2O3. The predicted molar refractivity (Wildman–Crippen MR) is 109 cm³/mol. The van der Waals surface area contributed by atoms with E-state index in [1.807, 2.05) is 48.5 Å². The van der Waals surface area contributed by atoms with Crippen LogP contribution in [0, 0.1) is 0 Å². The highest BCUT2D eigenvalue weighted by Gasteiger charge is 2.30. The number of aromatic nitrogens is 1. The van der Waals surface area contributed by atoms with Crippen molar-refractivity contribution in [2.24, 2.45) is 0 Å². The largest absolute Gasteiger partial charge is 0.373 e. The van der Waals surface area contributed by atoms with E-state index in [-0.39, 0.29) is 17.4 Å². The Labute approximate surface area is 167 Å². The van der Waals surface area contributed by atoms with Gasteiger partial charge in [-0.2, -0.15) is 0 Å². The summed E-state index contributed by atoms with van der Waals surface area (Å²) in [6.07, 6.45) is 1.69. The number of hydrogen-bond donors (Lipinski definition) is 2. The first-order valence-corrected chi connectivity index (χ1v) is 9.47. The molecule has 1 amide bonds. The van der Waals surface area contributed by atoms with Crippen LogP contribution in [-0.4, -0.2) is 21.8 Å². The van der Waals surface area contributed by atoms with E-state index in [1.54, 1.807) is 16.8 Å². The van der Waals surface area contributed by atoms with Gasteiger partial charge < -0.3 is 10.4 Å². The summed E-state index contributed by atoms with van der Waals surface area (Å²) >= 11 is 6.68. The number of piperidine rings is 1. The molecule has 2 unspecified atom stereocenters. The molecule has 0 aliphatic carbocycles. The van der Waals surface area contributed by atoms with Crippen LogP contribution >= 0.6 is 11.6 Å². The average molecular weight is 395 g/mol. The molecule has 2 atom stereocenters. The Morgan fingerprint density at radius 3 is 2.50 bits per heavy atom. The second-order valence-corrected chi connectivity index (χ2v) is 7.20. The Bertz CT molecular complexity index is 1080. The van der Waals surface area contributed by atoms with Gasteiger partial charge in [0.05, 0.1) is 5.02 Å². The monoisotopic (exact) mass is 394 g/mol. The Balaban J connectivity index is 1.68. The number of carbonyl (C=O) groups is 1. The molecule has 1 saturated heterocycles. The van der Waals surface area contributed by atoms with Crippen molar-refractivity contribution in [2.45, 2.75) is 25.0 Å². The van der Waals surface area contributed by atoms with Crippen molar-refractivity contribution >= 4 is 17.5 Å². The van der Waals surface area contributed by atoms with Crippen LogP contribution in [0.15, 0.2) is 71.7 Å². The number of halogens is 1. The molecule has 2 N–H and O–H groups in total. The summed E-state index contributed by atoms with van der Waals surface area (Å²) in [6.45, 7) is 0. The SMILES string of the molecule is O=C1CCC(c2cccc(-c3ccc(-n4ccccc4=O)cc3)c2Cl)C(O)N1. The van der Waals surface area contributed by atoms with E-state index in [9.17, 15) is 14.7 Å². The van der Waals surface area contributed by atoms with Gasteiger partial charge in [0, 0.05) is 35.9 Å². The number of nitrogens with zero attached hydrogens (tertiary/aromatic N) is 1. The first-order chi connectivity index (χ1) is 13.5. The zero-order chi connectivity index (χ0) is 19.7. The summed E-state index contributed by atoms with van der Waals surface area (Å²) in [5, 5.41) is 13.4. The Hall–Kier alpha value is -2.89. The van der Waals surface area contributed by atoms with Crippen LogP contribution in [0.1, 0.15) is 24.3 Å². The van der Waals surface area contributed by atoms with Gasteiger partial charge in [-0.05, 0) is 35.7 Å². The normalized spacial score (nSPS) is 19.3. The van der Waals surface area contributed by atoms with Gasteiger partial charge >= 0.3 is 0 Å². The van der Waals surface area contributed by atoms with Gasteiger partial charge in [-0.1, -0.05) is 48.0 Å². The smallest absolute Gasteiger partial charge is 0.255 e. The fraction of sp³-hybridized carbons (Fsp3) is 0.182. The summed E-state index contributed by atoms with van der Waals surface area (Å²) in [4.78, 5) is 23.5. The fourth-order valence-electron chi connectivity index (χ4n) is 3.61. The number of benzene rings is 2. The maximum atomic E-state index is 12.0. The lowest BCUT2D eigenvalue weighted by atomic mass is 9.88. The summed E-state index contributed by atoms with van der Waals surface area (Å²) in [7, 11) is 0. The minimum absolute atomic E-state index is 0.0939. The molecule has 0 spiro atoms. The zero-order valence-corrected chi connectivity index (χ0v) is 15.8. The third-order valence-corrected chi connectivity index (χ3v) is 5.50. The first kappa shape index (κ1) is 18.5. The number of rotatable bonds is 3. The number of carbonyl (C=O) groups excluding carboxylic acids is 1. The molecule has 1 aliphatic heterocycles. The van der Waals surface area contributed by atoms with Gasteiger partial charge in [0.2, 0.25) is 5.91 Å². The fourth-order valence-corrected chi connectivity index (χ4v) is 3.98. The molecule has 3 aromatic rings. The molecule has 28 heavy (non-hydrogen) atoms. The number of amides is 1. The van der Waals surface area contributed by atoms with Gasteiger partial charge in [-0.3, -0.25) is 14.2 Å². The zero-order valence-electron chi connectivity index (χ0n) is 15.0. The van der Waals surface area contributed by atoms with Crippen molar-refractivity contribution in [3.8, 4) is 16.8 Å². The summed E-state index contributed by atoms with van der Waals surface area (Å²) < 4.78 is 1.57. The van der Waals surface area contributed by atoms with Gasteiger partial charge in [0.15, 0.2) is 0 Å². The molecule has 0 bridgehead atoms. The highest BCUT2D eigenvalue weighted by atomic mass is 35.5. The van der Waals surface area contributed by atoms with Crippen molar-refractivity contribution in [1.82, 2.24) is 9.88 Å². The van der Waals surface area contributed by atoms with E-state index in [2.05, 4.69) is 5.32 Å². The van der Waals surface area contributed by atoms with E-state index in [0.717, 1.165) is 22.4 Å². The maximum Gasteiger partial charge on any atom is 0.255 e. The molecular weight excluding hydrogens is 376 g/mol. The molecule has 2 aromatic carbocycles. The third kappa shape index (κ3) is 3.46. The van der Waals surface area contributed by atoms with E-state index in [0.29, 0.717) is 17.9 Å². The van der Waals surface area contributed by atoms with Gasteiger partial charge in [-0.15, -0.1) is 0 Å². The highest BCUT2D eigenvalue weighted by molar-refractivity contribution is 6.34. The van der Waals surface area contributed by atoms with Crippen molar-refractivity contribution in [2.75, 3.05) is 0 Å². The minimum Gasteiger partial charge on any atom is -0.373 e. The number of aliphatic hydroxyl groups excluding tert-OH is 1. The predicted octanol–water partition coefficient (Wildman–Crippen LogP) is 3.47. The number of hydrogen-bond acceptors (Lipinski definition) is 3. The third-order valence-electron chi connectivity index (χ3n) is 5.08. The lowest BCUT2D eigenvalue weighted by Crippen LogP contribution is -2.43. The molecule has 5 nitrogen and oxygen atoms in total. The second-order valence-electron chi connectivity index (χ2n) is 6.82. The molecule has 0 radical (unpaired) electrons. The molecule has 2 heterocycles. The molecule has 6 heteroatoms. The van der Waals surface area contributed by atoms with Crippen LogP contribution in [0.3, 0.4) is 0 Å². The second kappa shape index (κ2) is 7.62. The summed E-state index contributed by atoms with van der Waals surface area (Å²) in [6, 6.07) is 18.3. The molecule has 0 saturated carbocycles. The van der Waals surface area contributed by atoms with E-state index >= 15 is 0 Å². The molecule has 142 valence electrons. The standard InChI is InChI=1S/C22H19ClN2O3/c23-21-16(4-3-5-17(21)18-11-12-19(26)24-22(18)28)14-7-9-15(10-8-14)25-13-2-1-6-20(25)27/h1-10,13,18,22,28H,11-12H2,(H,24,26). The first-order valence-electron chi connectivity index (χ1n) is 9.09. The lowest BCUT2D eigenvalue weighted by Gasteiger charge is -2.29. The molecule has 1 aromatic heterocycles. The van der Waals surface area contributed by atoms with Gasteiger partial charge in [0.25, 0.3) is 5.56 Å². The maximum absolute atomic E-state index is 12.0. The van der Waals surface area contributed by atoms with E-state index < -0.39 is 6.23 Å². The Morgan fingerprint density at radius 2 is 1.79 bits per heavy atom. The van der Waals surface area contributed by atoms with Crippen LogP contribution in [0.5, 0.6) is 0 Å². The van der Waals surface area contributed by atoms with Crippen molar-refractivity contribution < 1.29 is 9.90 Å². The van der Waals surface area contributed by atoms with E-state index in [4.69, 9.17) is 11.6 Å². The van der Waals surface area contributed by atoms with Crippen LogP contribution in [-0.2, 0) is 4.79 Å². The van der Waals surface area contributed by atoms with Crippen molar-refractivity contribution in [3.05, 3.63) is 87.8 Å². The van der Waals surface area contributed by atoms with E-state index in [1.165, 1.54) is 6.07 Å². The Kier molecular flexibility index (Phi) is 5.03. The summed E-state index contributed by atoms with van der Waals surface area (Å²) in [5.41, 5.74) is 3.25. The molecule has 1 aliphatic rings. The van der Waals surface area contributed by atoms with Crippen LogP contribution < -0.4 is 10.9 Å². The number of nitrogens with one attached hydrogen (secondary N) is 1. The van der Waals surface area contributed by atoms with Crippen LogP contribution in [0.2, 0.25) is 5.02 Å². The molecule has 1 fully saturated rings. The van der Waals surface area contributed by atoms with Gasteiger partial charge in [-0.25, -0.2) is 0 Å². The Morgan fingerprint density at radius 1 is 1.00 bits per heavy atom. The van der Waals surface area contributed by atoms with Crippen LogP contribution in [0.25, 0.3) is 16.8 Å². The highest BCUT2D eigenvalue weighted by Crippen LogP contribution is 2.38. The number of aliphatic hydroxyl groups is 1. The van der Waals surface area contributed by atoms with Crippen LogP contribution in [0.4, 0.5) is 0 Å². The quantitative estimate of drug-likeness (QED) is 0.714. The summed E-state index contributed by atoms with van der Waals surface area (Å²) in [5.74, 6) is -0.393. The topological polar surface area (TPSA) is 71.3 Å². The lowest BCUT2D eigenvalue weighted by molar-refractivity contribution is -0.127. The number of pyridine rings is 1. The van der Waals surface area contributed by atoms with Crippen molar-refractivity contribution in [1.29, 1.82) is 0 Å².